The highest BCUT2D eigenvalue weighted by Gasteiger charge is 2.43. The van der Waals surface area contributed by atoms with Gasteiger partial charge in [-0.25, -0.2) is 4.79 Å². The zero-order chi connectivity index (χ0) is 30.0. The number of rotatable bonds is 15. The van der Waals surface area contributed by atoms with Gasteiger partial charge in [-0.15, -0.1) is 0 Å². The molecule has 1 unspecified atom stereocenters. The predicted molar refractivity (Wildman–Crippen MR) is 158 cm³/mol. The normalized spacial score (nSPS) is 14.7. The topological polar surface area (TPSA) is 87.7 Å². The molecule has 2 N–H and O–H groups in total. The van der Waals surface area contributed by atoms with E-state index >= 15 is 0 Å². The quantitative estimate of drug-likeness (QED) is 0.179. The Balaban J connectivity index is 4.91. The molecule has 3 amide bonds. The predicted octanol–water partition coefficient (Wildman–Crippen LogP) is 6.72. The molecule has 0 radical (unpaired) electrons. The molecule has 0 aliphatic carbocycles. The summed E-state index contributed by atoms with van der Waals surface area (Å²) in [6, 6.07) is 0. The number of amides is 3. The molecule has 0 heterocycles. The van der Waals surface area contributed by atoms with Crippen LogP contribution in [0.25, 0.3) is 0 Å². The maximum absolute atomic E-state index is 13.1. The van der Waals surface area contributed by atoms with Crippen LogP contribution in [-0.2, 0) is 14.3 Å². The van der Waals surface area contributed by atoms with Gasteiger partial charge in [0, 0.05) is 25.6 Å². The van der Waals surface area contributed by atoms with Crippen molar-refractivity contribution in [3.63, 3.8) is 0 Å². The number of nitrogens with zero attached hydrogens (tertiary/aromatic N) is 1. The Kier molecular flexibility index (Phi) is 13.6. The van der Waals surface area contributed by atoms with E-state index in [0.717, 1.165) is 19.3 Å². The van der Waals surface area contributed by atoms with Crippen LogP contribution in [0.2, 0.25) is 0 Å². The molecular weight excluding hydrogens is 478 g/mol. The number of carbonyl (C=O) groups excluding carboxylic acids is 3. The third kappa shape index (κ3) is 12.7. The van der Waals surface area contributed by atoms with Gasteiger partial charge >= 0.3 is 6.09 Å². The van der Waals surface area contributed by atoms with Gasteiger partial charge in [-0.3, -0.25) is 9.59 Å². The first kappa shape index (κ1) is 35.9. The summed E-state index contributed by atoms with van der Waals surface area (Å²) in [6.45, 7) is 25.7. The molecule has 0 fully saturated rings. The van der Waals surface area contributed by atoms with Crippen LogP contribution in [0.1, 0.15) is 115 Å². The number of hydrogen-bond donors (Lipinski definition) is 2. The first-order valence-corrected chi connectivity index (χ1v) is 14.3. The van der Waals surface area contributed by atoms with Crippen LogP contribution in [0.3, 0.4) is 0 Å². The molecule has 0 aromatic carbocycles. The van der Waals surface area contributed by atoms with Crippen LogP contribution in [0.5, 0.6) is 0 Å². The van der Waals surface area contributed by atoms with E-state index < -0.39 is 17.1 Å². The lowest BCUT2D eigenvalue weighted by atomic mass is 9.59. The van der Waals surface area contributed by atoms with Crippen molar-refractivity contribution in [1.29, 1.82) is 0 Å². The first-order chi connectivity index (χ1) is 17.1. The van der Waals surface area contributed by atoms with Crippen molar-refractivity contribution >= 4 is 17.9 Å². The van der Waals surface area contributed by atoms with E-state index in [1.807, 2.05) is 13.8 Å². The number of nitrogens with one attached hydrogen (secondary N) is 2. The zero-order valence-electron chi connectivity index (χ0n) is 26.9. The smallest absolute Gasteiger partial charge is 0.410 e. The van der Waals surface area contributed by atoms with Gasteiger partial charge in [0.2, 0.25) is 11.8 Å². The Morgan fingerprint density at radius 2 is 1.42 bits per heavy atom. The van der Waals surface area contributed by atoms with E-state index in [1.54, 1.807) is 20.8 Å². The Morgan fingerprint density at radius 1 is 0.868 bits per heavy atom. The summed E-state index contributed by atoms with van der Waals surface area (Å²) < 4.78 is 5.26. The maximum Gasteiger partial charge on any atom is 0.410 e. The van der Waals surface area contributed by atoms with Gasteiger partial charge in [-0.05, 0) is 62.7 Å². The Labute approximate surface area is 233 Å². The molecule has 0 aliphatic heterocycles. The van der Waals surface area contributed by atoms with E-state index in [2.05, 4.69) is 71.3 Å². The molecule has 7 nitrogen and oxygen atoms in total. The van der Waals surface area contributed by atoms with E-state index in [4.69, 9.17) is 4.74 Å². The average molecular weight is 538 g/mol. The van der Waals surface area contributed by atoms with Crippen LogP contribution in [0.4, 0.5) is 4.79 Å². The largest absolute Gasteiger partial charge is 0.444 e. The molecule has 38 heavy (non-hydrogen) atoms. The average Bonchev–Trinajstić information content (AvgIpc) is 2.74. The van der Waals surface area contributed by atoms with Crippen molar-refractivity contribution in [2.24, 2.45) is 21.7 Å². The van der Waals surface area contributed by atoms with Gasteiger partial charge in [-0.2, -0.15) is 0 Å². The molecule has 0 aromatic heterocycles. The van der Waals surface area contributed by atoms with E-state index in [1.165, 1.54) is 24.8 Å². The second kappa shape index (κ2) is 14.4. The molecule has 0 saturated carbocycles. The van der Waals surface area contributed by atoms with Gasteiger partial charge in [0.25, 0.3) is 0 Å². The third-order valence-corrected chi connectivity index (χ3v) is 7.68. The van der Waals surface area contributed by atoms with Crippen LogP contribution < -0.4 is 10.6 Å². The standard InChI is InChI=1S/C31H59N3O4/c1-14-17-28(6,7)18-16-19-31(12,15-2)30(10,11)23-29(8,9)25(36)33-21-20-32-24(35)22-34(13)26(37)38-27(3,4)5/h16,19H,14-15,17-18,20-23H2,1-13H3,(H,32,35)(H,33,36)/b19-16-. The van der Waals surface area contributed by atoms with Gasteiger partial charge in [0.15, 0.2) is 0 Å². The van der Waals surface area contributed by atoms with Crippen LogP contribution >= 0.6 is 0 Å². The number of carbonyl (C=O) groups is 3. The van der Waals surface area contributed by atoms with Gasteiger partial charge < -0.3 is 20.3 Å². The lowest BCUT2D eigenvalue weighted by Crippen LogP contribution is -2.46. The van der Waals surface area contributed by atoms with E-state index in [0.29, 0.717) is 12.0 Å². The molecule has 0 saturated heterocycles. The van der Waals surface area contributed by atoms with Crippen LogP contribution in [0.15, 0.2) is 12.2 Å². The fourth-order valence-corrected chi connectivity index (χ4v) is 4.92. The summed E-state index contributed by atoms with van der Waals surface area (Å²) in [6.07, 6.45) is 9.34. The zero-order valence-corrected chi connectivity index (χ0v) is 26.9. The first-order valence-electron chi connectivity index (χ1n) is 14.3. The van der Waals surface area contributed by atoms with Gasteiger partial charge in [-0.1, -0.05) is 80.9 Å². The fourth-order valence-electron chi connectivity index (χ4n) is 4.92. The van der Waals surface area contributed by atoms with E-state index in [-0.39, 0.29) is 35.7 Å². The van der Waals surface area contributed by atoms with Crippen LogP contribution in [0, 0.1) is 21.7 Å². The Morgan fingerprint density at radius 3 is 1.92 bits per heavy atom. The summed E-state index contributed by atoms with van der Waals surface area (Å²) in [4.78, 5) is 38.6. The molecular formula is C31H59N3O4. The maximum atomic E-state index is 13.1. The summed E-state index contributed by atoms with van der Waals surface area (Å²) in [5.74, 6) is -0.335. The summed E-state index contributed by atoms with van der Waals surface area (Å²) in [5.41, 5.74) is -1.04. The Hall–Kier alpha value is -2.05. The van der Waals surface area contributed by atoms with Crippen molar-refractivity contribution in [1.82, 2.24) is 15.5 Å². The second-order valence-corrected chi connectivity index (χ2v) is 14.2. The highest BCUT2D eigenvalue weighted by molar-refractivity contribution is 5.83. The summed E-state index contributed by atoms with van der Waals surface area (Å²) >= 11 is 0. The molecule has 7 heteroatoms. The third-order valence-electron chi connectivity index (χ3n) is 7.68. The number of ether oxygens (including phenoxy) is 1. The molecule has 1 atom stereocenters. The van der Waals surface area contributed by atoms with E-state index in [9.17, 15) is 14.4 Å². The molecule has 0 rings (SSSR count). The Bertz CT molecular complexity index is 808. The second-order valence-electron chi connectivity index (χ2n) is 14.2. The molecule has 0 aromatic rings. The molecule has 222 valence electrons. The number of hydrogen-bond acceptors (Lipinski definition) is 4. The number of allylic oxidation sites excluding steroid dienone is 2. The molecule has 0 spiro atoms. The lowest BCUT2D eigenvalue weighted by molar-refractivity contribution is -0.132. The van der Waals surface area contributed by atoms with Gasteiger partial charge in [0.05, 0.1) is 0 Å². The van der Waals surface area contributed by atoms with Crippen molar-refractivity contribution in [3.05, 3.63) is 12.2 Å². The molecule has 0 bridgehead atoms. The van der Waals surface area contributed by atoms with Crippen molar-refractivity contribution in [2.45, 2.75) is 121 Å². The van der Waals surface area contributed by atoms with Crippen molar-refractivity contribution < 1.29 is 19.1 Å². The summed E-state index contributed by atoms with van der Waals surface area (Å²) in [5, 5.41) is 5.73. The van der Waals surface area contributed by atoms with Gasteiger partial charge in [0.1, 0.15) is 12.1 Å². The number of likely N-dealkylation sites (N-methyl/N-ethyl adjacent to an activating group) is 1. The fraction of sp³-hybridized carbons (Fsp3) is 0.839. The monoisotopic (exact) mass is 537 g/mol. The minimum absolute atomic E-state index is 0.0304. The minimum atomic E-state index is -0.621. The highest BCUT2D eigenvalue weighted by atomic mass is 16.6. The summed E-state index contributed by atoms with van der Waals surface area (Å²) in [7, 11) is 1.52. The minimum Gasteiger partial charge on any atom is -0.444 e. The molecule has 0 aliphatic rings. The van der Waals surface area contributed by atoms with Crippen LogP contribution in [-0.4, -0.2) is 55.1 Å². The SMILES string of the molecule is CCCC(C)(C)C/C=C\C(C)(CC)C(C)(C)CC(C)(C)C(=O)NCCNC(=O)CN(C)C(=O)OC(C)(C)C. The van der Waals surface area contributed by atoms with Crippen molar-refractivity contribution in [2.75, 3.05) is 26.7 Å². The lowest BCUT2D eigenvalue weighted by Gasteiger charge is -2.46. The van der Waals surface area contributed by atoms with Crippen molar-refractivity contribution in [3.8, 4) is 0 Å². The highest BCUT2D eigenvalue weighted by Crippen LogP contribution is 2.50.